The molecular weight excluding hydrogens is 368 g/mol. The highest BCUT2D eigenvalue weighted by atomic mass is 32.2. The summed E-state index contributed by atoms with van der Waals surface area (Å²) < 4.78 is 0. The lowest BCUT2D eigenvalue weighted by Crippen LogP contribution is -2.50. The summed E-state index contributed by atoms with van der Waals surface area (Å²) in [5.41, 5.74) is 0.910. The predicted molar refractivity (Wildman–Crippen MR) is 102 cm³/mol. The second-order valence-electron chi connectivity index (χ2n) is 6.17. The fourth-order valence-corrected chi connectivity index (χ4v) is 3.60. The van der Waals surface area contributed by atoms with Crippen LogP contribution in [-0.2, 0) is 25.6 Å². The summed E-state index contributed by atoms with van der Waals surface area (Å²) in [4.78, 5) is 48.9. The molecule has 144 valence electrons. The average Bonchev–Trinajstić information content (AvgIpc) is 2.77. The number of hydrogen-bond donors (Lipinski definition) is 2. The van der Waals surface area contributed by atoms with Crippen molar-refractivity contribution in [3.8, 4) is 0 Å². The molecule has 1 aromatic rings. The number of nitrogens with one attached hydrogen (secondary N) is 1. The Bertz CT molecular complexity index is 735. The number of rotatable bonds is 7. The lowest BCUT2D eigenvalue weighted by molar-refractivity contribution is -0.143. The van der Waals surface area contributed by atoms with Crippen molar-refractivity contribution in [1.29, 1.82) is 0 Å². The highest BCUT2D eigenvalue weighted by Gasteiger charge is 2.30. The van der Waals surface area contributed by atoms with E-state index in [0.717, 1.165) is 22.2 Å². The standard InChI is InChI=1S/C19H22N2O5S/c1-13(22)27-16(11-14-7-3-2-4-8-14)18(25)20-15-9-5-6-10-21(19(15)26)12-17(23)24/h2-4,6-8,10,15-16H,5,9,11-12H2,1H3,(H,20,25)(H,23,24). The highest BCUT2D eigenvalue weighted by molar-refractivity contribution is 8.14. The van der Waals surface area contributed by atoms with E-state index in [1.807, 2.05) is 30.3 Å². The first-order valence-corrected chi connectivity index (χ1v) is 9.45. The van der Waals surface area contributed by atoms with E-state index >= 15 is 0 Å². The van der Waals surface area contributed by atoms with Gasteiger partial charge in [-0.05, 0) is 24.8 Å². The van der Waals surface area contributed by atoms with Gasteiger partial charge in [-0.3, -0.25) is 19.2 Å². The number of carbonyl (C=O) groups is 4. The monoisotopic (exact) mass is 390 g/mol. The van der Waals surface area contributed by atoms with E-state index in [2.05, 4.69) is 5.32 Å². The third-order valence-electron chi connectivity index (χ3n) is 3.98. The zero-order valence-corrected chi connectivity index (χ0v) is 15.8. The number of carboxylic acids is 1. The summed E-state index contributed by atoms with van der Waals surface area (Å²) in [6, 6.07) is 8.50. The van der Waals surface area contributed by atoms with E-state index in [-0.39, 0.29) is 5.12 Å². The molecule has 0 bridgehead atoms. The van der Waals surface area contributed by atoms with Crippen molar-refractivity contribution >= 4 is 34.7 Å². The Morgan fingerprint density at radius 3 is 2.63 bits per heavy atom. The first-order valence-electron chi connectivity index (χ1n) is 8.57. The van der Waals surface area contributed by atoms with Gasteiger partial charge >= 0.3 is 5.97 Å². The maximum Gasteiger partial charge on any atom is 0.323 e. The number of benzene rings is 1. The molecule has 1 heterocycles. The normalized spacial score (nSPS) is 17.9. The third kappa shape index (κ3) is 6.56. The molecule has 0 spiro atoms. The van der Waals surface area contributed by atoms with Crippen molar-refractivity contribution in [3.05, 3.63) is 48.2 Å². The second-order valence-corrected chi connectivity index (χ2v) is 7.55. The van der Waals surface area contributed by atoms with E-state index in [4.69, 9.17) is 5.11 Å². The number of allylic oxidation sites excluding steroid dienone is 1. The predicted octanol–water partition coefficient (Wildman–Crippen LogP) is 1.58. The summed E-state index contributed by atoms with van der Waals surface area (Å²) in [5, 5.41) is 10.8. The van der Waals surface area contributed by atoms with Gasteiger partial charge in [0, 0.05) is 13.1 Å². The molecule has 7 nitrogen and oxygen atoms in total. The van der Waals surface area contributed by atoms with Gasteiger partial charge in [0.25, 0.3) is 0 Å². The Morgan fingerprint density at radius 1 is 1.30 bits per heavy atom. The van der Waals surface area contributed by atoms with Crippen molar-refractivity contribution in [2.24, 2.45) is 0 Å². The van der Waals surface area contributed by atoms with Crippen LogP contribution in [-0.4, -0.2) is 50.7 Å². The molecular formula is C19H22N2O5S. The van der Waals surface area contributed by atoms with Gasteiger partial charge in [-0.1, -0.05) is 48.2 Å². The van der Waals surface area contributed by atoms with E-state index < -0.39 is 35.6 Å². The fourth-order valence-electron chi connectivity index (χ4n) is 2.75. The fraction of sp³-hybridized carbons (Fsp3) is 0.368. The summed E-state index contributed by atoms with van der Waals surface area (Å²) in [6.45, 7) is 0.933. The van der Waals surface area contributed by atoms with E-state index in [1.165, 1.54) is 13.1 Å². The van der Waals surface area contributed by atoms with Crippen LogP contribution in [0.15, 0.2) is 42.6 Å². The Labute approximate surface area is 161 Å². The number of aliphatic carboxylic acids is 1. The van der Waals surface area contributed by atoms with Gasteiger partial charge in [0.05, 0.1) is 5.25 Å². The Balaban J connectivity index is 2.09. The maximum atomic E-state index is 12.7. The van der Waals surface area contributed by atoms with Crippen molar-refractivity contribution in [1.82, 2.24) is 10.2 Å². The first-order chi connectivity index (χ1) is 12.9. The number of carbonyl (C=O) groups excluding carboxylic acids is 3. The minimum absolute atomic E-state index is 0.188. The van der Waals surface area contributed by atoms with Crippen molar-refractivity contribution in [2.45, 2.75) is 37.5 Å². The van der Waals surface area contributed by atoms with Crippen LogP contribution >= 0.6 is 11.8 Å². The van der Waals surface area contributed by atoms with E-state index in [1.54, 1.807) is 6.08 Å². The Morgan fingerprint density at radius 2 is 2.00 bits per heavy atom. The molecule has 0 aliphatic carbocycles. The smallest absolute Gasteiger partial charge is 0.323 e. The largest absolute Gasteiger partial charge is 0.480 e. The summed E-state index contributed by atoms with van der Waals surface area (Å²) >= 11 is 0.923. The van der Waals surface area contributed by atoms with Crippen LogP contribution < -0.4 is 5.32 Å². The molecule has 1 aliphatic heterocycles. The van der Waals surface area contributed by atoms with Crippen LogP contribution in [0.5, 0.6) is 0 Å². The lowest BCUT2D eigenvalue weighted by Gasteiger charge is -2.24. The van der Waals surface area contributed by atoms with Crippen LogP contribution in [0.4, 0.5) is 0 Å². The second kappa shape index (κ2) is 9.91. The van der Waals surface area contributed by atoms with Gasteiger partial charge in [-0.15, -0.1) is 0 Å². The summed E-state index contributed by atoms with van der Waals surface area (Å²) in [5.74, 6) is -2.01. The molecule has 0 aromatic heterocycles. The molecule has 2 N–H and O–H groups in total. The molecule has 1 aliphatic rings. The molecule has 27 heavy (non-hydrogen) atoms. The van der Waals surface area contributed by atoms with E-state index in [9.17, 15) is 19.2 Å². The van der Waals surface area contributed by atoms with Crippen molar-refractivity contribution in [3.63, 3.8) is 0 Å². The molecule has 2 rings (SSSR count). The van der Waals surface area contributed by atoms with Crippen molar-refractivity contribution in [2.75, 3.05) is 6.54 Å². The molecule has 2 atom stereocenters. The lowest BCUT2D eigenvalue weighted by atomic mass is 10.1. The van der Waals surface area contributed by atoms with Crippen LogP contribution in [0.3, 0.4) is 0 Å². The molecule has 2 unspecified atom stereocenters. The zero-order valence-electron chi connectivity index (χ0n) is 15.0. The quantitative estimate of drug-likeness (QED) is 0.733. The van der Waals surface area contributed by atoms with Gasteiger partial charge in [-0.25, -0.2) is 0 Å². The van der Waals surface area contributed by atoms with Gasteiger partial charge in [0.15, 0.2) is 5.12 Å². The Kier molecular flexibility index (Phi) is 7.60. The summed E-state index contributed by atoms with van der Waals surface area (Å²) in [6.07, 6.45) is 4.41. The zero-order chi connectivity index (χ0) is 19.8. The number of nitrogens with zero attached hydrogens (tertiary/aromatic N) is 1. The molecule has 1 aromatic carbocycles. The number of hydrogen-bond acceptors (Lipinski definition) is 5. The number of thioether (sulfide) groups is 1. The van der Waals surface area contributed by atoms with Crippen LogP contribution in [0, 0.1) is 0 Å². The van der Waals surface area contributed by atoms with Gasteiger partial charge < -0.3 is 15.3 Å². The van der Waals surface area contributed by atoms with Crippen LogP contribution in [0.25, 0.3) is 0 Å². The molecule has 0 saturated carbocycles. The first kappa shape index (κ1) is 20.7. The minimum atomic E-state index is -1.13. The van der Waals surface area contributed by atoms with Crippen LogP contribution in [0.2, 0.25) is 0 Å². The van der Waals surface area contributed by atoms with Crippen LogP contribution in [0.1, 0.15) is 25.3 Å². The Hall–Kier alpha value is -2.61. The molecule has 0 radical (unpaired) electrons. The van der Waals surface area contributed by atoms with Crippen molar-refractivity contribution < 1.29 is 24.3 Å². The molecule has 0 saturated heterocycles. The molecule has 8 heteroatoms. The SMILES string of the molecule is CC(=O)SC(Cc1ccccc1)C(=O)NC1CCC=CN(CC(=O)O)C1=O. The van der Waals surface area contributed by atoms with Gasteiger partial charge in [0.1, 0.15) is 12.6 Å². The highest BCUT2D eigenvalue weighted by Crippen LogP contribution is 2.19. The number of carboxylic acid groups (broad SMARTS) is 1. The topological polar surface area (TPSA) is 104 Å². The minimum Gasteiger partial charge on any atom is -0.480 e. The number of amides is 2. The van der Waals surface area contributed by atoms with Gasteiger partial charge in [0.2, 0.25) is 11.8 Å². The summed E-state index contributed by atoms with van der Waals surface area (Å²) in [7, 11) is 0. The third-order valence-corrected chi connectivity index (χ3v) is 4.97. The maximum absolute atomic E-state index is 12.7. The van der Waals surface area contributed by atoms with E-state index in [0.29, 0.717) is 19.3 Å². The molecule has 2 amide bonds. The average molecular weight is 390 g/mol. The molecule has 0 fully saturated rings. The van der Waals surface area contributed by atoms with Gasteiger partial charge in [-0.2, -0.15) is 0 Å².